The van der Waals surface area contributed by atoms with Crippen LogP contribution in [0.25, 0.3) is 0 Å². The lowest BCUT2D eigenvalue weighted by atomic mass is 9.99. The van der Waals surface area contributed by atoms with Gasteiger partial charge in [-0.1, -0.05) is 25.1 Å². The second-order valence-corrected chi connectivity index (χ2v) is 9.04. The van der Waals surface area contributed by atoms with Crippen molar-refractivity contribution in [1.29, 1.82) is 0 Å². The van der Waals surface area contributed by atoms with Crippen LogP contribution in [0.15, 0.2) is 42.6 Å². The van der Waals surface area contributed by atoms with E-state index in [9.17, 15) is 14.4 Å². The average molecular weight is 443 g/mol. The average Bonchev–Trinajstić information content (AvgIpc) is 3.00. The largest absolute Gasteiger partial charge is 0.493 e. The quantitative estimate of drug-likeness (QED) is 0.587. The molecular formula is C23H26N2O5S. The first kappa shape index (κ1) is 22.8. The molecule has 1 saturated heterocycles. The van der Waals surface area contributed by atoms with Gasteiger partial charge >= 0.3 is 5.97 Å². The van der Waals surface area contributed by atoms with Crippen LogP contribution in [0.1, 0.15) is 50.1 Å². The van der Waals surface area contributed by atoms with Gasteiger partial charge in [0.15, 0.2) is 0 Å². The van der Waals surface area contributed by atoms with Gasteiger partial charge in [0.2, 0.25) is 5.91 Å². The molecule has 8 heteroatoms. The Balaban J connectivity index is 1.47. The van der Waals surface area contributed by atoms with Crippen molar-refractivity contribution in [3.63, 3.8) is 0 Å². The first-order valence-corrected chi connectivity index (χ1v) is 11.0. The van der Waals surface area contributed by atoms with E-state index in [2.05, 4.69) is 10.3 Å². The van der Waals surface area contributed by atoms with Gasteiger partial charge in [-0.15, -0.1) is 0 Å². The van der Waals surface area contributed by atoms with Crippen molar-refractivity contribution in [3.8, 4) is 5.75 Å². The van der Waals surface area contributed by atoms with Crippen molar-refractivity contribution in [1.82, 2.24) is 10.3 Å². The van der Waals surface area contributed by atoms with Crippen molar-refractivity contribution < 1.29 is 23.9 Å². The summed E-state index contributed by atoms with van der Waals surface area (Å²) in [7, 11) is 0. The minimum Gasteiger partial charge on any atom is -0.493 e. The van der Waals surface area contributed by atoms with Gasteiger partial charge in [-0.3, -0.25) is 24.7 Å². The molecule has 1 aromatic heterocycles. The highest BCUT2D eigenvalue weighted by Gasteiger charge is 2.43. The van der Waals surface area contributed by atoms with E-state index < -0.39 is 4.75 Å². The number of carbonyl (C=O) groups excluding carboxylic acids is 3. The predicted molar refractivity (Wildman–Crippen MR) is 118 cm³/mol. The normalized spacial score (nSPS) is 19.1. The summed E-state index contributed by atoms with van der Waals surface area (Å²) in [4.78, 5) is 39.2. The number of hydrogen-bond donors (Lipinski definition) is 1. The Morgan fingerprint density at radius 3 is 2.52 bits per heavy atom. The molecule has 1 aliphatic rings. The fourth-order valence-corrected chi connectivity index (χ4v) is 4.09. The monoisotopic (exact) mass is 442 g/mol. The fraction of sp³-hybridized carbons (Fsp3) is 0.391. The molecule has 0 radical (unpaired) electrons. The Bertz CT molecular complexity index is 945. The molecule has 7 nitrogen and oxygen atoms in total. The standard InChI is InChI=1S/C23H26N2O5S/c1-4-20(26)30-15(2)17-7-8-18(24-14-17)11-12-29-19-9-5-16(6-10-19)13-23(3)21(27)25-22(28)31-23/h5-10,14-15H,4,11-13H2,1-3H3,(H,25,27,28)/t15?,23-/m1/s1. The number of ether oxygens (including phenoxy) is 2. The Morgan fingerprint density at radius 1 is 1.19 bits per heavy atom. The van der Waals surface area contributed by atoms with E-state index in [0.29, 0.717) is 25.9 Å². The van der Waals surface area contributed by atoms with Crippen LogP contribution in [0.3, 0.4) is 0 Å². The third kappa shape index (κ3) is 6.07. The van der Waals surface area contributed by atoms with Crippen molar-refractivity contribution in [2.24, 2.45) is 0 Å². The summed E-state index contributed by atoms with van der Waals surface area (Å²) in [6.45, 7) is 5.83. The van der Waals surface area contributed by atoms with Gasteiger partial charge in [-0.05, 0) is 55.8 Å². The lowest BCUT2D eigenvalue weighted by Gasteiger charge is -2.18. The number of carbonyl (C=O) groups is 3. The van der Waals surface area contributed by atoms with Crippen LogP contribution < -0.4 is 10.1 Å². The van der Waals surface area contributed by atoms with E-state index in [0.717, 1.165) is 34.3 Å². The summed E-state index contributed by atoms with van der Waals surface area (Å²) >= 11 is 1.03. The van der Waals surface area contributed by atoms with Gasteiger partial charge in [0.25, 0.3) is 5.24 Å². The molecule has 0 saturated carbocycles. The number of imide groups is 1. The zero-order chi connectivity index (χ0) is 22.4. The number of benzene rings is 1. The van der Waals surface area contributed by atoms with Crippen LogP contribution in [0.4, 0.5) is 4.79 Å². The topological polar surface area (TPSA) is 94.6 Å². The molecule has 2 aromatic rings. The van der Waals surface area contributed by atoms with E-state index in [1.54, 1.807) is 20.0 Å². The first-order chi connectivity index (χ1) is 14.8. The summed E-state index contributed by atoms with van der Waals surface area (Å²) in [5.41, 5.74) is 2.70. The lowest BCUT2D eigenvalue weighted by Crippen LogP contribution is -2.35. The molecule has 3 rings (SSSR count). The number of thioether (sulfide) groups is 1. The zero-order valence-corrected chi connectivity index (χ0v) is 18.7. The molecule has 1 N–H and O–H groups in total. The number of aromatic nitrogens is 1. The second-order valence-electron chi connectivity index (χ2n) is 7.56. The second kappa shape index (κ2) is 9.96. The Morgan fingerprint density at radius 2 is 1.94 bits per heavy atom. The number of hydrogen-bond acceptors (Lipinski definition) is 7. The van der Waals surface area contributed by atoms with Crippen LogP contribution in [0.2, 0.25) is 0 Å². The Labute approximate surface area is 185 Å². The summed E-state index contributed by atoms with van der Waals surface area (Å²) in [6, 6.07) is 11.3. The van der Waals surface area contributed by atoms with Crippen LogP contribution in [-0.4, -0.2) is 33.5 Å². The van der Waals surface area contributed by atoms with Crippen LogP contribution in [0, 0.1) is 0 Å². The highest BCUT2D eigenvalue weighted by molar-refractivity contribution is 8.16. The molecule has 0 spiro atoms. The van der Waals surface area contributed by atoms with E-state index in [1.807, 2.05) is 43.3 Å². The summed E-state index contributed by atoms with van der Waals surface area (Å²) in [5, 5.41) is 2.03. The van der Waals surface area contributed by atoms with Gasteiger partial charge in [-0.2, -0.15) is 0 Å². The van der Waals surface area contributed by atoms with E-state index in [-0.39, 0.29) is 23.2 Å². The van der Waals surface area contributed by atoms with Gasteiger partial charge in [-0.25, -0.2) is 0 Å². The molecule has 0 bridgehead atoms. The molecule has 2 atom stereocenters. The van der Waals surface area contributed by atoms with Crippen LogP contribution in [-0.2, 0) is 27.2 Å². The van der Waals surface area contributed by atoms with E-state index in [1.165, 1.54) is 0 Å². The minimum absolute atomic E-state index is 0.233. The molecule has 1 aliphatic heterocycles. The Hall–Kier alpha value is -2.87. The number of amides is 2. The van der Waals surface area contributed by atoms with Crippen molar-refractivity contribution in [3.05, 3.63) is 59.4 Å². The van der Waals surface area contributed by atoms with Crippen molar-refractivity contribution in [2.75, 3.05) is 6.61 Å². The maximum absolute atomic E-state index is 12.0. The fourth-order valence-electron chi connectivity index (χ4n) is 3.16. The summed E-state index contributed by atoms with van der Waals surface area (Å²) in [6.07, 6.45) is 2.86. The molecule has 1 aromatic carbocycles. The lowest BCUT2D eigenvalue weighted by molar-refractivity contribution is -0.148. The van der Waals surface area contributed by atoms with Crippen molar-refractivity contribution in [2.45, 2.75) is 50.9 Å². The summed E-state index contributed by atoms with van der Waals surface area (Å²) in [5.74, 6) is 0.244. The Kier molecular flexibility index (Phi) is 7.33. The minimum atomic E-state index is -0.774. The molecule has 31 heavy (non-hydrogen) atoms. The van der Waals surface area contributed by atoms with Gasteiger partial charge in [0.1, 0.15) is 16.6 Å². The molecule has 0 aliphatic carbocycles. The SMILES string of the molecule is CCC(=O)OC(C)c1ccc(CCOc2ccc(C[C@@]3(C)SC(=O)NC3=O)cc2)nc1. The molecule has 2 amide bonds. The highest BCUT2D eigenvalue weighted by atomic mass is 32.2. The maximum Gasteiger partial charge on any atom is 0.306 e. The van der Waals surface area contributed by atoms with E-state index in [4.69, 9.17) is 9.47 Å². The smallest absolute Gasteiger partial charge is 0.306 e. The van der Waals surface area contributed by atoms with Crippen LogP contribution >= 0.6 is 11.8 Å². The highest BCUT2D eigenvalue weighted by Crippen LogP contribution is 2.34. The molecule has 164 valence electrons. The molecule has 1 fully saturated rings. The third-order valence-corrected chi connectivity index (χ3v) is 6.09. The number of pyridine rings is 1. The van der Waals surface area contributed by atoms with Gasteiger partial charge in [0, 0.05) is 30.3 Å². The molecule has 1 unspecified atom stereocenters. The maximum atomic E-state index is 12.0. The van der Waals surface area contributed by atoms with E-state index >= 15 is 0 Å². The van der Waals surface area contributed by atoms with Gasteiger partial charge < -0.3 is 9.47 Å². The summed E-state index contributed by atoms with van der Waals surface area (Å²) < 4.78 is 10.3. The molecular weight excluding hydrogens is 416 g/mol. The molecule has 2 heterocycles. The zero-order valence-electron chi connectivity index (χ0n) is 17.8. The number of nitrogens with one attached hydrogen (secondary N) is 1. The first-order valence-electron chi connectivity index (χ1n) is 10.2. The van der Waals surface area contributed by atoms with Crippen molar-refractivity contribution >= 4 is 28.9 Å². The third-order valence-electron chi connectivity index (χ3n) is 5.02. The van der Waals surface area contributed by atoms with Crippen LogP contribution in [0.5, 0.6) is 5.75 Å². The van der Waals surface area contributed by atoms with Gasteiger partial charge in [0.05, 0.1) is 6.61 Å². The predicted octanol–water partition coefficient (Wildman–Crippen LogP) is 4.00. The number of esters is 1. The number of nitrogens with zero attached hydrogens (tertiary/aromatic N) is 1. The number of rotatable bonds is 9.